The predicted octanol–water partition coefficient (Wildman–Crippen LogP) is 3.90. The lowest BCUT2D eigenvalue weighted by molar-refractivity contribution is -0.397. The molecule has 0 spiro atoms. The predicted molar refractivity (Wildman–Crippen MR) is 66.8 cm³/mol. The van der Waals surface area contributed by atoms with Crippen molar-refractivity contribution in [2.24, 2.45) is 0 Å². The summed E-state index contributed by atoms with van der Waals surface area (Å²) in [6, 6.07) is 0. The molecule has 0 saturated heterocycles. The van der Waals surface area contributed by atoms with E-state index >= 15 is 0 Å². The Bertz CT molecular complexity index is 538. The first-order valence-corrected chi connectivity index (χ1v) is 6.71. The van der Waals surface area contributed by atoms with Crippen LogP contribution in [0, 0.1) is 0 Å². The molecule has 0 bridgehead atoms. The summed E-state index contributed by atoms with van der Waals surface area (Å²) in [7, 11) is 0. The number of alkyl halides is 9. The van der Waals surface area contributed by atoms with E-state index in [1.807, 2.05) is 0 Å². The first-order valence-electron chi connectivity index (χ1n) is 6.71. The smallest absolute Gasteiger partial charge is 0.460 e. The van der Waals surface area contributed by atoms with E-state index in [0.29, 0.717) is 12.2 Å². The van der Waals surface area contributed by atoms with Gasteiger partial charge in [0.1, 0.15) is 0 Å². The lowest BCUT2D eigenvalue weighted by atomic mass is 10.0. The summed E-state index contributed by atoms with van der Waals surface area (Å²) in [4.78, 5) is 22.0. The van der Waals surface area contributed by atoms with E-state index in [0.717, 1.165) is 0 Å². The number of hydrogen-bond donors (Lipinski definition) is 0. The Labute approximate surface area is 140 Å². The molecule has 0 atom stereocenters. The standard InChI is InChI=1S/C13H13F9O4/c1-7(2)26-9(24)4-3-8(23)25-6-5-10(14,15)11(16,17)12(18,19)13(20,21)22/h3-4,7H,5-6H2,1-2H3. The Morgan fingerprint density at radius 1 is 0.846 bits per heavy atom. The highest BCUT2D eigenvalue weighted by molar-refractivity contribution is 5.91. The second kappa shape index (κ2) is 8.16. The van der Waals surface area contributed by atoms with Crippen LogP contribution in [-0.4, -0.2) is 48.6 Å². The number of hydrogen-bond acceptors (Lipinski definition) is 4. The summed E-state index contributed by atoms with van der Waals surface area (Å²) < 4.78 is 121. The number of carbonyl (C=O) groups excluding carboxylic acids is 2. The van der Waals surface area contributed by atoms with Gasteiger partial charge in [-0.2, -0.15) is 39.5 Å². The molecule has 0 aromatic heterocycles. The Morgan fingerprint density at radius 3 is 1.73 bits per heavy atom. The summed E-state index contributed by atoms with van der Waals surface area (Å²) >= 11 is 0. The lowest BCUT2D eigenvalue weighted by Crippen LogP contribution is -2.61. The van der Waals surface area contributed by atoms with Crippen molar-refractivity contribution < 1.29 is 58.6 Å². The molecule has 26 heavy (non-hydrogen) atoms. The van der Waals surface area contributed by atoms with Gasteiger partial charge in [0.05, 0.1) is 19.1 Å². The third kappa shape index (κ3) is 5.80. The molecule has 0 aliphatic heterocycles. The maximum absolute atomic E-state index is 13.1. The van der Waals surface area contributed by atoms with Crippen molar-refractivity contribution in [3.05, 3.63) is 12.2 Å². The van der Waals surface area contributed by atoms with E-state index in [1.54, 1.807) is 0 Å². The van der Waals surface area contributed by atoms with Crippen LogP contribution in [0.4, 0.5) is 39.5 Å². The van der Waals surface area contributed by atoms with Crippen molar-refractivity contribution in [2.45, 2.75) is 50.3 Å². The van der Waals surface area contributed by atoms with Gasteiger partial charge in [-0.25, -0.2) is 9.59 Å². The lowest BCUT2D eigenvalue weighted by Gasteiger charge is -2.33. The third-order valence-corrected chi connectivity index (χ3v) is 2.58. The molecule has 0 fully saturated rings. The van der Waals surface area contributed by atoms with Gasteiger partial charge in [-0.15, -0.1) is 0 Å². The first-order chi connectivity index (χ1) is 11.5. The second-order valence-corrected chi connectivity index (χ2v) is 5.09. The van der Waals surface area contributed by atoms with Gasteiger partial charge < -0.3 is 9.47 Å². The minimum atomic E-state index is -7.01. The molecule has 0 aliphatic rings. The number of ether oxygens (including phenoxy) is 2. The molecule has 4 nitrogen and oxygen atoms in total. The van der Waals surface area contributed by atoms with Gasteiger partial charge in [0, 0.05) is 12.2 Å². The highest BCUT2D eigenvalue weighted by Crippen LogP contribution is 2.53. The van der Waals surface area contributed by atoms with Crippen LogP contribution in [-0.2, 0) is 19.1 Å². The molecule has 0 aliphatic carbocycles. The van der Waals surface area contributed by atoms with Crippen LogP contribution in [0.2, 0.25) is 0 Å². The zero-order valence-corrected chi connectivity index (χ0v) is 13.2. The normalized spacial score (nSPS) is 14.0. The van der Waals surface area contributed by atoms with E-state index in [2.05, 4.69) is 9.47 Å². The molecule has 0 rings (SSSR count). The SMILES string of the molecule is CC(C)OC(=O)C=CC(=O)OCCC(F)(F)C(F)(F)C(F)(F)C(F)(F)F. The maximum atomic E-state index is 13.1. The van der Waals surface area contributed by atoms with Crippen LogP contribution in [0.3, 0.4) is 0 Å². The van der Waals surface area contributed by atoms with Crippen LogP contribution >= 0.6 is 0 Å². The zero-order chi connectivity index (χ0) is 21.0. The molecule has 0 aromatic carbocycles. The summed E-state index contributed by atoms with van der Waals surface area (Å²) in [6.07, 6.45) is -8.92. The number of rotatable bonds is 8. The van der Waals surface area contributed by atoms with Crippen LogP contribution in [0.15, 0.2) is 12.2 Å². The average molecular weight is 404 g/mol. The van der Waals surface area contributed by atoms with Crippen molar-refractivity contribution in [1.29, 1.82) is 0 Å². The molecule has 0 amide bonds. The van der Waals surface area contributed by atoms with Crippen molar-refractivity contribution in [3.8, 4) is 0 Å². The second-order valence-electron chi connectivity index (χ2n) is 5.09. The van der Waals surface area contributed by atoms with Gasteiger partial charge in [0.25, 0.3) is 0 Å². The fraction of sp³-hybridized carbons (Fsp3) is 0.692. The number of halogens is 9. The summed E-state index contributed by atoms with van der Waals surface area (Å²) in [6.45, 7) is 1.31. The fourth-order valence-corrected chi connectivity index (χ4v) is 1.30. The summed E-state index contributed by atoms with van der Waals surface area (Å²) in [5.74, 6) is -22.2. The van der Waals surface area contributed by atoms with Gasteiger partial charge in [0.15, 0.2) is 0 Å². The van der Waals surface area contributed by atoms with Crippen LogP contribution in [0.5, 0.6) is 0 Å². The highest BCUT2D eigenvalue weighted by Gasteiger charge is 2.81. The topological polar surface area (TPSA) is 52.6 Å². The van der Waals surface area contributed by atoms with E-state index in [-0.39, 0.29) is 0 Å². The molecule has 152 valence electrons. The minimum Gasteiger partial charge on any atom is -0.462 e. The van der Waals surface area contributed by atoms with Crippen molar-refractivity contribution in [1.82, 2.24) is 0 Å². The third-order valence-electron chi connectivity index (χ3n) is 2.58. The zero-order valence-electron chi connectivity index (χ0n) is 13.2. The molecule has 0 aromatic rings. The Hall–Kier alpha value is -1.95. The summed E-state index contributed by atoms with van der Waals surface area (Å²) in [5.41, 5.74) is 0. The van der Waals surface area contributed by atoms with Gasteiger partial charge in [-0.1, -0.05) is 0 Å². The average Bonchev–Trinajstić information content (AvgIpc) is 2.42. The van der Waals surface area contributed by atoms with Gasteiger partial charge in [-0.3, -0.25) is 0 Å². The molecule has 0 radical (unpaired) electrons. The van der Waals surface area contributed by atoms with Gasteiger partial charge >= 0.3 is 35.9 Å². The van der Waals surface area contributed by atoms with Gasteiger partial charge in [0.2, 0.25) is 0 Å². The molecule has 0 unspecified atom stereocenters. The molecule has 13 heteroatoms. The van der Waals surface area contributed by atoms with E-state index < -0.39 is 55.0 Å². The van der Waals surface area contributed by atoms with Crippen molar-refractivity contribution >= 4 is 11.9 Å². The monoisotopic (exact) mass is 404 g/mol. The maximum Gasteiger partial charge on any atom is 0.460 e. The largest absolute Gasteiger partial charge is 0.462 e. The Morgan fingerprint density at radius 2 is 1.31 bits per heavy atom. The fourth-order valence-electron chi connectivity index (χ4n) is 1.30. The molecule has 0 saturated carbocycles. The Balaban J connectivity index is 4.82. The number of esters is 2. The van der Waals surface area contributed by atoms with E-state index in [4.69, 9.17) is 0 Å². The van der Waals surface area contributed by atoms with Crippen LogP contribution in [0.1, 0.15) is 20.3 Å². The van der Waals surface area contributed by atoms with E-state index in [1.165, 1.54) is 13.8 Å². The van der Waals surface area contributed by atoms with Crippen LogP contribution < -0.4 is 0 Å². The van der Waals surface area contributed by atoms with Gasteiger partial charge in [-0.05, 0) is 13.8 Å². The van der Waals surface area contributed by atoms with E-state index in [9.17, 15) is 49.1 Å². The van der Waals surface area contributed by atoms with Crippen LogP contribution in [0.25, 0.3) is 0 Å². The van der Waals surface area contributed by atoms with Crippen molar-refractivity contribution in [3.63, 3.8) is 0 Å². The molecular weight excluding hydrogens is 391 g/mol. The quantitative estimate of drug-likeness (QED) is 0.350. The Kier molecular flexibility index (Phi) is 7.55. The van der Waals surface area contributed by atoms with Crippen molar-refractivity contribution in [2.75, 3.05) is 6.61 Å². The molecular formula is C13H13F9O4. The summed E-state index contributed by atoms with van der Waals surface area (Å²) in [5, 5.41) is 0. The minimum absolute atomic E-state index is 0.366. The first kappa shape index (κ1) is 24.1. The number of carbonyl (C=O) groups is 2. The molecule has 0 heterocycles. The highest BCUT2D eigenvalue weighted by atomic mass is 19.4. The molecule has 0 N–H and O–H groups in total.